The molecule has 0 fully saturated rings. The molecule has 5 heteroatoms. The van der Waals surface area contributed by atoms with Crippen LogP contribution in [0.5, 0.6) is 0 Å². The van der Waals surface area contributed by atoms with Crippen LogP contribution >= 0.6 is 0 Å². The van der Waals surface area contributed by atoms with Gasteiger partial charge in [-0.2, -0.15) is 0 Å². The van der Waals surface area contributed by atoms with Gasteiger partial charge in [0.15, 0.2) is 0 Å². The number of furan rings is 1. The molecule has 138 valence electrons. The van der Waals surface area contributed by atoms with Crippen molar-refractivity contribution in [3.05, 3.63) is 95.9 Å². The van der Waals surface area contributed by atoms with Gasteiger partial charge in [0.05, 0.1) is 19.2 Å². The molecule has 5 nitrogen and oxygen atoms in total. The molecule has 0 radical (unpaired) electrons. The van der Waals surface area contributed by atoms with Crippen LogP contribution in [0.2, 0.25) is 0 Å². The summed E-state index contributed by atoms with van der Waals surface area (Å²) in [6, 6.07) is 22.0. The Morgan fingerprint density at radius 3 is 2.15 bits per heavy atom. The lowest BCUT2D eigenvalue weighted by Crippen LogP contribution is -2.48. The van der Waals surface area contributed by atoms with Crippen LogP contribution in [0.15, 0.2) is 83.5 Å². The van der Waals surface area contributed by atoms with Crippen molar-refractivity contribution in [2.24, 2.45) is 0 Å². The van der Waals surface area contributed by atoms with Gasteiger partial charge in [-0.15, -0.1) is 0 Å². The van der Waals surface area contributed by atoms with Crippen molar-refractivity contribution in [3.8, 4) is 0 Å². The standard InChI is InChI=1S/C22H22N2O3/c25-21(15-18-10-5-2-6-11-18)24-20(14-17-8-3-1-4-9-17)22(26)23-16-19-12-7-13-27-19/h1-13,20H,14-16H2,(H,23,26)(H,24,25)/t20-/m0/s1. The minimum Gasteiger partial charge on any atom is -0.467 e. The SMILES string of the molecule is O=C(Cc1ccccc1)N[C@@H](Cc1ccccc1)C(=O)NCc1ccco1. The number of hydrogen-bond acceptors (Lipinski definition) is 3. The van der Waals surface area contributed by atoms with Crippen molar-refractivity contribution in [2.75, 3.05) is 0 Å². The summed E-state index contributed by atoms with van der Waals surface area (Å²) in [6.45, 7) is 0.283. The quantitative estimate of drug-likeness (QED) is 0.647. The second-order valence-corrected chi connectivity index (χ2v) is 6.27. The Bertz CT molecular complexity index is 846. The van der Waals surface area contributed by atoms with E-state index in [9.17, 15) is 9.59 Å². The molecule has 0 aliphatic heterocycles. The number of hydrogen-bond donors (Lipinski definition) is 2. The fourth-order valence-corrected chi connectivity index (χ4v) is 2.80. The van der Waals surface area contributed by atoms with Crippen LogP contribution in [-0.2, 0) is 29.0 Å². The van der Waals surface area contributed by atoms with E-state index in [4.69, 9.17) is 4.42 Å². The summed E-state index contributed by atoms with van der Waals surface area (Å²) in [5.74, 6) is 0.240. The Hall–Kier alpha value is -3.34. The molecule has 0 spiro atoms. The molecule has 0 saturated carbocycles. The van der Waals surface area contributed by atoms with Crippen molar-refractivity contribution in [1.82, 2.24) is 10.6 Å². The molecule has 3 rings (SSSR count). The number of nitrogens with one attached hydrogen (secondary N) is 2. The van der Waals surface area contributed by atoms with E-state index in [1.165, 1.54) is 0 Å². The summed E-state index contributed by atoms with van der Waals surface area (Å²) in [5.41, 5.74) is 1.89. The summed E-state index contributed by atoms with van der Waals surface area (Å²) in [6.07, 6.45) is 2.22. The van der Waals surface area contributed by atoms with E-state index in [2.05, 4.69) is 10.6 Å². The number of amides is 2. The van der Waals surface area contributed by atoms with E-state index in [1.54, 1.807) is 18.4 Å². The fraction of sp³-hybridized carbons (Fsp3) is 0.182. The molecule has 0 saturated heterocycles. The summed E-state index contributed by atoms with van der Waals surface area (Å²) >= 11 is 0. The van der Waals surface area contributed by atoms with Crippen LogP contribution in [0.3, 0.4) is 0 Å². The maximum atomic E-state index is 12.7. The minimum absolute atomic E-state index is 0.185. The third-order valence-corrected chi connectivity index (χ3v) is 4.16. The van der Waals surface area contributed by atoms with E-state index in [-0.39, 0.29) is 24.8 Å². The second kappa shape index (κ2) is 9.38. The lowest BCUT2D eigenvalue weighted by Gasteiger charge is -2.18. The molecule has 0 aliphatic carbocycles. The molecule has 2 aromatic carbocycles. The molecule has 1 atom stereocenters. The second-order valence-electron chi connectivity index (χ2n) is 6.27. The summed E-state index contributed by atoms with van der Waals surface area (Å²) in [5, 5.41) is 5.69. The molecule has 27 heavy (non-hydrogen) atoms. The van der Waals surface area contributed by atoms with Crippen molar-refractivity contribution in [3.63, 3.8) is 0 Å². The van der Waals surface area contributed by atoms with E-state index in [0.717, 1.165) is 11.1 Å². The van der Waals surface area contributed by atoms with Gasteiger partial charge >= 0.3 is 0 Å². The fourth-order valence-electron chi connectivity index (χ4n) is 2.80. The molecule has 1 heterocycles. The predicted molar refractivity (Wildman–Crippen MR) is 103 cm³/mol. The van der Waals surface area contributed by atoms with Gasteiger partial charge in [-0.3, -0.25) is 9.59 Å². The Labute approximate surface area is 158 Å². The molecular formula is C22H22N2O3. The molecule has 2 amide bonds. The Morgan fingerprint density at radius 1 is 0.852 bits per heavy atom. The monoisotopic (exact) mass is 362 g/mol. The minimum atomic E-state index is -0.654. The summed E-state index contributed by atoms with van der Waals surface area (Å²) in [4.78, 5) is 25.1. The Kier molecular flexibility index (Phi) is 6.41. The van der Waals surface area contributed by atoms with Gasteiger partial charge in [0.25, 0.3) is 0 Å². The molecule has 2 N–H and O–H groups in total. The van der Waals surface area contributed by atoms with Crippen molar-refractivity contribution in [1.29, 1.82) is 0 Å². The molecule has 0 unspecified atom stereocenters. The zero-order valence-electron chi connectivity index (χ0n) is 14.9. The van der Waals surface area contributed by atoms with Crippen LogP contribution in [0.25, 0.3) is 0 Å². The van der Waals surface area contributed by atoms with E-state index >= 15 is 0 Å². The zero-order chi connectivity index (χ0) is 18.9. The van der Waals surface area contributed by atoms with Gasteiger partial charge in [-0.1, -0.05) is 60.7 Å². The van der Waals surface area contributed by atoms with Gasteiger partial charge in [-0.05, 0) is 23.3 Å². The van der Waals surface area contributed by atoms with Gasteiger partial charge in [0.2, 0.25) is 11.8 Å². The van der Waals surface area contributed by atoms with E-state index < -0.39 is 6.04 Å². The number of benzene rings is 2. The van der Waals surface area contributed by atoms with Crippen LogP contribution in [-0.4, -0.2) is 17.9 Å². The average molecular weight is 362 g/mol. The van der Waals surface area contributed by atoms with Crippen LogP contribution in [0.4, 0.5) is 0 Å². The first-order valence-corrected chi connectivity index (χ1v) is 8.88. The van der Waals surface area contributed by atoms with Gasteiger partial charge in [0.1, 0.15) is 11.8 Å². The zero-order valence-corrected chi connectivity index (χ0v) is 14.9. The maximum Gasteiger partial charge on any atom is 0.243 e. The normalized spacial score (nSPS) is 11.6. The Balaban J connectivity index is 1.64. The highest BCUT2D eigenvalue weighted by atomic mass is 16.3. The average Bonchev–Trinajstić information content (AvgIpc) is 3.21. The van der Waals surface area contributed by atoms with Crippen molar-refractivity contribution >= 4 is 11.8 Å². The molecule has 1 aromatic heterocycles. The van der Waals surface area contributed by atoms with Crippen molar-refractivity contribution < 1.29 is 14.0 Å². The smallest absolute Gasteiger partial charge is 0.243 e. The van der Waals surface area contributed by atoms with Crippen molar-refractivity contribution in [2.45, 2.75) is 25.4 Å². The highest BCUT2D eigenvalue weighted by molar-refractivity contribution is 5.88. The lowest BCUT2D eigenvalue weighted by atomic mass is 10.0. The van der Waals surface area contributed by atoms with Crippen LogP contribution in [0.1, 0.15) is 16.9 Å². The van der Waals surface area contributed by atoms with Crippen LogP contribution < -0.4 is 10.6 Å². The first-order chi connectivity index (χ1) is 13.2. The molecular weight excluding hydrogens is 340 g/mol. The summed E-state index contributed by atoms with van der Waals surface area (Å²) in [7, 11) is 0. The largest absolute Gasteiger partial charge is 0.467 e. The predicted octanol–water partition coefficient (Wildman–Crippen LogP) is 2.87. The maximum absolute atomic E-state index is 12.7. The first-order valence-electron chi connectivity index (χ1n) is 8.88. The van der Waals surface area contributed by atoms with Gasteiger partial charge < -0.3 is 15.1 Å². The Morgan fingerprint density at radius 2 is 1.52 bits per heavy atom. The molecule has 0 aliphatic rings. The first kappa shape index (κ1) is 18.5. The summed E-state index contributed by atoms with van der Waals surface area (Å²) < 4.78 is 5.24. The third-order valence-electron chi connectivity index (χ3n) is 4.16. The van der Waals surface area contributed by atoms with Gasteiger partial charge in [-0.25, -0.2) is 0 Å². The number of carbonyl (C=O) groups is 2. The van der Waals surface area contributed by atoms with Crippen LogP contribution in [0, 0.1) is 0 Å². The highest BCUT2D eigenvalue weighted by Gasteiger charge is 2.21. The molecule has 0 bridgehead atoms. The number of carbonyl (C=O) groups excluding carboxylic acids is 2. The highest BCUT2D eigenvalue weighted by Crippen LogP contribution is 2.06. The van der Waals surface area contributed by atoms with E-state index in [1.807, 2.05) is 60.7 Å². The number of rotatable bonds is 8. The third kappa shape index (κ3) is 5.85. The van der Waals surface area contributed by atoms with Gasteiger partial charge in [0, 0.05) is 6.42 Å². The lowest BCUT2D eigenvalue weighted by molar-refractivity contribution is -0.128. The van der Waals surface area contributed by atoms with E-state index in [0.29, 0.717) is 12.2 Å². The topological polar surface area (TPSA) is 71.3 Å². The molecule has 3 aromatic rings.